The van der Waals surface area contributed by atoms with Crippen molar-refractivity contribution in [3.63, 3.8) is 0 Å². The number of nitro groups is 1. The van der Waals surface area contributed by atoms with Crippen molar-refractivity contribution in [2.45, 2.75) is 50.6 Å². The van der Waals surface area contributed by atoms with Crippen LogP contribution in [0.5, 0.6) is 0 Å². The van der Waals surface area contributed by atoms with Crippen LogP contribution in [0.4, 0.5) is 11.4 Å². The molecule has 118 valence electrons. The molecule has 1 aromatic carbocycles. The standard InChI is InChI=1S/C16H21N3O3/c20-16-10-13(17-12-4-2-1-3-5-12)11-18(16)14-6-8-15(9-7-14)19(21)22/h6-9,12-13,17H,1-5,10-11H2. The molecule has 0 spiro atoms. The van der Waals surface area contributed by atoms with Gasteiger partial charge in [-0.25, -0.2) is 0 Å². The minimum absolute atomic E-state index is 0.0484. The third-order valence-electron chi connectivity index (χ3n) is 4.57. The number of carbonyl (C=O) groups is 1. The minimum atomic E-state index is -0.428. The van der Waals surface area contributed by atoms with Crippen molar-refractivity contribution in [2.24, 2.45) is 0 Å². The summed E-state index contributed by atoms with van der Waals surface area (Å²) in [4.78, 5) is 24.2. The molecule has 1 unspecified atom stereocenters. The lowest BCUT2D eigenvalue weighted by molar-refractivity contribution is -0.384. The fourth-order valence-corrected chi connectivity index (χ4v) is 3.43. The van der Waals surface area contributed by atoms with E-state index in [1.54, 1.807) is 17.0 Å². The molecule has 0 radical (unpaired) electrons. The maximum Gasteiger partial charge on any atom is 0.269 e. The van der Waals surface area contributed by atoms with E-state index >= 15 is 0 Å². The highest BCUT2D eigenvalue weighted by atomic mass is 16.6. The first-order valence-corrected chi connectivity index (χ1v) is 7.94. The van der Waals surface area contributed by atoms with Gasteiger partial charge in [-0.2, -0.15) is 0 Å². The topological polar surface area (TPSA) is 75.5 Å². The Morgan fingerprint density at radius 1 is 1.09 bits per heavy atom. The number of anilines is 1. The maximum absolute atomic E-state index is 12.2. The van der Waals surface area contributed by atoms with Crippen molar-refractivity contribution in [3.05, 3.63) is 34.4 Å². The van der Waals surface area contributed by atoms with Crippen molar-refractivity contribution < 1.29 is 9.72 Å². The second-order valence-electron chi connectivity index (χ2n) is 6.18. The quantitative estimate of drug-likeness (QED) is 0.685. The van der Waals surface area contributed by atoms with Crippen molar-refractivity contribution in [1.82, 2.24) is 5.32 Å². The molecule has 1 saturated heterocycles. The van der Waals surface area contributed by atoms with Gasteiger partial charge in [0.15, 0.2) is 0 Å². The predicted molar refractivity (Wildman–Crippen MR) is 83.9 cm³/mol. The summed E-state index contributed by atoms with van der Waals surface area (Å²) in [5, 5.41) is 14.3. The number of rotatable bonds is 4. The zero-order chi connectivity index (χ0) is 15.5. The molecule has 1 atom stereocenters. The Bertz CT molecular complexity index is 552. The normalized spacial score (nSPS) is 23.0. The average Bonchev–Trinajstić information content (AvgIpc) is 2.89. The molecule has 1 saturated carbocycles. The van der Waals surface area contributed by atoms with E-state index in [0.29, 0.717) is 19.0 Å². The van der Waals surface area contributed by atoms with Crippen molar-refractivity contribution in [1.29, 1.82) is 0 Å². The number of non-ortho nitro benzene ring substituents is 1. The predicted octanol–water partition coefficient (Wildman–Crippen LogP) is 2.62. The van der Waals surface area contributed by atoms with E-state index in [4.69, 9.17) is 0 Å². The van der Waals surface area contributed by atoms with Crippen LogP contribution in [0.25, 0.3) is 0 Å². The van der Waals surface area contributed by atoms with Gasteiger partial charge in [-0.3, -0.25) is 14.9 Å². The Morgan fingerprint density at radius 2 is 1.77 bits per heavy atom. The second-order valence-corrected chi connectivity index (χ2v) is 6.18. The molecule has 0 bridgehead atoms. The van der Waals surface area contributed by atoms with Gasteiger partial charge in [0.05, 0.1) is 4.92 Å². The smallest absolute Gasteiger partial charge is 0.269 e. The summed E-state index contributed by atoms with van der Waals surface area (Å²) < 4.78 is 0. The second kappa shape index (κ2) is 6.44. The number of benzene rings is 1. The van der Waals surface area contributed by atoms with Crippen LogP contribution in [0.15, 0.2) is 24.3 Å². The average molecular weight is 303 g/mol. The van der Waals surface area contributed by atoms with Gasteiger partial charge >= 0.3 is 0 Å². The van der Waals surface area contributed by atoms with Gasteiger partial charge in [0, 0.05) is 42.9 Å². The summed E-state index contributed by atoms with van der Waals surface area (Å²) in [6.07, 6.45) is 6.75. The van der Waals surface area contributed by atoms with Crippen molar-refractivity contribution >= 4 is 17.3 Å². The zero-order valence-corrected chi connectivity index (χ0v) is 12.5. The monoisotopic (exact) mass is 303 g/mol. The van der Waals surface area contributed by atoms with Crippen LogP contribution in [-0.4, -0.2) is 29.5 Å². The van der Waals surface area contributed by atoms with Crippen LogP contribution in [0.3, 0.4) is 0 Å². The minimum Gasteiger partial charge on any atom is -0.311 e. The van der Waals surface area contributed by atoms with Crippen LogP contribution < -0.4 is 10.2 Å². The number of carbonyl (C=O) groups excluding carboxylic acids is 1. The molecule has 1 heterocycles. The molecule has 1 amide bonds. The van der Waals surface area contributed by atoms with E-state index in [1.165, 1.54) is 44.2 Å². The van der Waals surface area contributed by atoms with Crippen LogP contribution in [0, 0.1) is 10.1 Å². The van der Waals surface area contributed by atoms with E-state index in [2.05, 4.69) is 5.32 Å². The lowest BCUT2D eigenvalue weighted by atomic mass is 9.95. The van der Waals surface area contributed by atoms with Crippen LogP contribution in [0.2, 0.25) is 0 Å². The van der Waals surface area contributed by atoms with Gasteiger partial charge in [0.25, 0.3) is 5.69 Å². The highest BCUT2D eigenvalue weighted by Gasteiger charge is 2.32. The number of amides is 1. The Labute approximate surface area is 129 Å². The summed E-state index contributed by atoms with van der Waals surface area (Å²) in [6.45, 7) is 0.646. The molecular weight excluding hydrogens is 282 g/mol. The number of nitrogens with one attached hydrogen (secondary N) is 1. The van der Waals surface area contributed by atoms with Crippen LogP contribution in [-0.2, 0) is 4.79 Å². The molecule has 6 nitrogen and oxygen atoms in total. The molecule has 1 aliphatic heterocycles. The maximum atomic E-state index is 12.2. The fourth-order valence-electron chi connectivity index (χ4n) is 3.43. The number of nitrogens with zero attached hydrogens (tertiary/aromatic N) is 2. The summed E-state index contributed by atoms with van der Waals surface area (Å²) in [5.74, 6) is 0.0853. The molecule has 1 aromatic rings. The van der Waals surface area contributed by atoms with Crippen molar-refractivity contribution in [3.8, 4) is 0 Å². The van der Waals surface area contributed by atoms with Crippen molar-refractivity contribution in [2.75, 3.05) is 11.4 Å². The summed E-state index contributed by atoms with van der Waals surface area (Å²) in [5.41, 5.74) is 0.788. The summed E-state index contributed by atoms with van der Waals surface area (Å²) >= 11 is 0. The third kappa shape index (κ3) is 3.27. The van der Waals surface area contributed by atoms with E-state index in [9.17, 15) is 14.9 Å². The molecule has 1 aliphatic carbocycles. The van der Waals surface area contributed by atoms with Gasteiger partial charge in [0.2, 0.25) is 5.91 Å². The van der Waals surface area contributed by atoms with Gasteiger partial charge in [0.1, 0.15) is 0 Å². The van der Waals surface area contributed by atoms with Gasteiger partial charge in [-0.1, -0.05) is 19.3 Å². The first-order chi connectivity index (χ1) is 10.6. The summed E-state index contributed by atoms with van der Waals surface area (Å²) in [7, 11) is 0. The summed E-state index contributed by atoms with van der Waals surface area (Å²) in [6, 6.07) is 6.92. The first-order valence-electron chi connectivity index (χ1n) is 7.94. The fraction of sp³-hybridized carbons (Fsp3) is 0.562. The Hall–Kier alpha value is -1.95. The van der Waals surface area contributed by atoms with E-state index in [0.717, 1.165) is 5.69 Å². The Morgan fingerprint density at radius 3 is 2.41 bits per heavy atom. The largest absolute Gasteiger partial charge is 0.311 e. The number of nitro benzene ring substituents is 1. The third-order valence-corrected chi connectivity index (χ3v) is 4.57. The molecule has 0 aromatic heterocycles. The molecule has 2 fully saturated rings. The lowest BCUT2D eigenvalue weighted by Crippen LogP contribution is -2.41. The first kappa shape index (κ1) is 15.0. The zero-order valence-electron chi connectivity index (χ0n) is 12.5. The van der Waals surface area contributed by atoms with Gasteiger partial charge < -0.3 is 10.2 Å². The Balaban J connectivity index is 1.62. The molecule has 3 rings (SSSR count). The molecule has 6 heteroatoms. The van der Waals surface area contributed by atoms with Gasteiger partial charge in [-0.15, -0.1) is 0 Å². The highest BCUT2D eigenvalue weighted by molar-refractivity contribution is 5.96. The van der Waals surface area contributed by atoms with Gasteiger partial charge in [-0.05, 0) is 25.0 Å². The Kier molecular flexibility index (Phi) is 4.38. The van der Waals surface area contributed by atoms with E-state index in [1.807, 2.05) is 0 Å². The van der Waals surface area contributed by atoms with Crippen LogP contribution >= 0.6 is 0 Å². The van der Waals surface area contributed by atoms with E-state index < -0.39 is 4.92 Å². The molecule has 2 aliphatic rings. The highest BCUT2D eigenvalue weighted by Crippen LogP contribution is 2.25. The lowest BCUT2D eigenvalue weighted by Gasteiger charge is -2.26. The molecule has 22 heavy (non-hydrogen) atoms. The molecule has 1 N–H and O–H groups in total. The number of hydrogen-bond acceptors (Lipinski definition) is 4. The SMILES string of the molecule is O=C1CC(NC2CCCCC2)CN1c1ccc([N+](=O)[O-])cc1. The van der Waals surface area contributed by atoms with E-state index in [-0.39, 0.29) is 17.6 Å². The van der Waals surface area contributed by atoms with Crippen LogP contribution in [0.1, 0.15) is 38.5 Å². The number of hydrogen-bond donors (Lipinski definition) is 1. The molecular formula is C16H21N3O3.